The molecule has 378 valence electrons. The second kappa shape index (κ2) is 30.4. The van der Waals surface area contributed by atoms with Gasteiger partial charge >= 0.3 is 19.5 Å². The number of nitrogens with zero attached hydrogens (tertiary/aromatic N) is 10. The average molecular weight is 1050 g/mol. The monoisotopic (exact) mass is 1050 g/mol. The van der Waals surface area contributed by atoms with Crippen LogP contribution >= 0.6 is 0 Å². The van der Waals surface area contributed by atoms with E-state index in [2.05, 4.69) is 50.5 Å². The van der Waals surface area contributed by atoms with Crippen molar-refractivity contribution in [2.75, 3.05) is 103 Å². The van der Waals surface area contributed by atoms with Gasteiger partial charge in [0.25, 0.3) is 0 Å². The summed E-state index contributed by atoms with van der Waals surface area (Å²) in [6.45, 7) is 3.83. The first-order valence-corrected chi connectivity index (χ1v) is 22.3. The summed E-state index contributed by atoms with van der Waals surface area (Å²) in [5.41, 5.74) is 3.16. The quantitative estimate of drug-likeness (QED) is 0.0504. The Hall–Kier alpha value is -7.46. The number of hydrogen-bond acceptors (Lipinski definition) is 19. The summed E-state index contributed by atoms with van der Waals surface area (Å²) in [6.07, 6.45) is 6.53. The van der Waals surface area contributed by atoms with Gasteiger partial charge in [-0.25, -0.2) is 0 Å². The smallest absolute Gasteiger partial charge is 0.497 e. The van der Waals surface area contributed by atoms with Crippen LogP contribution in [0.3, 0.4) is 0 Å². The predicted molar refractivity (Wildman–Crippen MR) is 272 cm³/mol. The van der Waals surface area contributed by atoms with Crippen LogP contribution in [-0.2, 0) is 38.4 Å². The van der Waals surface area contributed by atoms with Gasteiger partial charge in [-0.3, -0.25) is 19.9 Å². The molecule has 0 bridgehead atoms. The van der Waals surface area contributed by atoms with E-state index in [0.29, 0.717) is 134 Å². The Labute approximate surface area is 436 Å². The third-order valence-corrected chi connectivity index (χ3v) is 9.92. The number of rotatable bonds is 22. The molecule has 0 radical (unpaired) electrons. The first kappa shape index (κ1) is 56.5. The van der Waals surface area contributed by atoms with E-state index >= 15 is 0 Å². The average Bonchev–Trinajstić information content (AvgIpc) is 3.93. The molecule has 0 saturated heterocycles. The molecule has 0 saturated carbocycles. The van der Waals surface area contributed by atoms with Crippen molar-refractivity contribution in [3.05, 3.63) is 143 Å². The van der Waals surface area contributed by atoms with Crippen molar-refractivity contribution < 1.29 is 72.0 Å². The van der Waals surface area contributed by atoms with Gasteiger partial charge in [-0.15, -0.1) is 0 Å². The molecule has 2 aliphatic heterocycles. The van der Waals surface area contributed by atoms with Crippen LogP contribution in [0.2, 0.25) is 0 Å². The van der Waals surface area contributed by atoms with E-state index < -0.39 is 0 Å². The Bertz CT molecular complexity index is 2630. The number of fused-ring (bicyclic) bond motifs is 2. The van der Waals surface area contributed by atoms with Crippen LogP contribution in [0.25, 0.3) is 10.6 Å². The molecule has 6 heterocycles. The SMILES string of the molecule is CO.COCCOCCOc1ccc2c(c1)C(=Nc1cc(OC)ccn1)[N-]C2=Nc1cc(OC)ccn1.COCCOCCOc1ccc2c(c1)C(=Nc1cc(OC)ccn1)[N-]C2=Nc1cc(OC)ccn1.[Zn+2]. The minimum atomic E-state index is 0. The normalized spacial score (nSPS) is 14.1. The van der Waals surface area contributed by atoms with Crippen LogP contribution in [0, 0.1) is 0 Å². The van der Waals surface area contributed by atoms with Gasteiger partial charge in [0.15, 0.2) is 0 Å². The van der Waals surface area contributed by atoms with E-state index in [1.54, 1.807) is 116 Å². The van der Waals surface area contributed by atoms with Gasteiger partial charge in [-0.05, 0) is 82.9 Å². The Morgan fingerprint density at radius 3 is 0.973 bits per heavy atom. The van der Waals surface area contributed by atoms with Crippen LogP contribution in [0.5, 0.6) is 34.5 Å². The number of benzene rings is 2. The number of amidine groups is 4. The van der Waals surface area contributed by atoms with E-state index in [4.69, 9.17) is 52.5 Å². The van der Waals surface area contributed by atoms with E-state index in [9.17, 15) is 0 Å². The Morgan fingerprint density at radius 1 is 0.370 bits per heavy atom. The maximum atomic E-state index is 7.00. The molecule has 22 heteroatoms. The first-order chi connectivity index (χ1) is 35.4. The van der Waals surface area contributed by atoms with Crippen LogP contribution in [-0.4, -0.2) is 151 Å². The molecular formula is C51H56N10O11Zn. The first-order valence-electron chi connectivity index (χ1n) is 22.3. The summed E-state index contributed by atoms with van der Waals surface area (Å²) in [5, 5.41) is 16.3. The Morgan fingerprint density at radius 2 is 0.671 bits per heavy atom. The van der Waals surface area contributed by atoms with E-state index in [-0.39, 0.29) is 19.5 Å². The number of aliphatic hydroxyl groups excluding tert-OH is 1. The van der Waals surface area contributed by atoms with Gasteiger partial charge in [0.2, 0.25) is 0 Å². The molecule has 6 aromatic rings. The molecule has 2 aliphatic rings. The van der Waals surface area contributed by atoms with Gasteiger partial charge in [0.05, 0.1) is 91.4 Å². The molecule has 2 aromatic carbocycles. The largest absolute Gasteiger partial charge is 2.00 e. The molecule has 4 aromatic heterocycles. The van der Waals surface area contributed by atoms with E-state index in [1.165, 1.54) is 0 Å². The standard InChI is InChI=1S/2C25H26N5O5.CH4O.Zn/c2*1-31-10-11-34-12-13-35-19-4-5-20-21(14-19)25(29-23-16-18(33-3)7-9-27-23)30-24(20)28-22-15-17(32-2)6-8-26-22;1-2;/h2*4-9,14-16H,10-13H2,1-3H3;2H,1H3;/q2*-1;;+2. The zero-order valence-corrected chi connectivity index (χ0v) is 44.7. The maximum Gasteiger partial charge on any atom is 2.00 e. The number of aliphatic imine (C=N–C) groups is 4. The fraction of sp³-hybridized carbons (Fsp3) is 0.294. The Kier molecular flexibility index (Phi) is 23.5. The van der Waals surface area contributed by atoms with Crippen LogP contribution in [0.15, 0.2) is 130 Å². The zero-order valence-electron chi connectivity index (χ0n) is 41.8. The van der Waals surface area contributed by atoms with Crippen molar-refractivity contribution in [1.29, 1.82) is 0 Å². The van der Waals surface area contributed by atoms with Crippen molar-refractivity contribution in [3.63, 3.8) is 0 Å². The van der Waals surface area contributed by atoms with E-state index in [1.807, 2.05) is 36.4 Å². The molecule has 0 spiro atoms. The molecule has 21 nitrogen and oxygen atoms in total. The van der Waals surface area contributed by atoms with Crippen molar-refractivity contribution in [2.45, 2.75) is 0 Å². The predicted octanol–water partition coefficient (Wildman–Crippen LogP) is 7.77. The number of ether oxygens (including phenoxy) is 10. The summed E-state index contributed by atoms with van der Waals surface area (Å²) in [7, 11) is 10.6. The second-order valence-electron chi connectivity index (χ2n) is 14.5. The van der Waals surface area contributed by atoms with Gasteiger partial charge in [-0.2, -0.15) is 0 Å². The van der Waals surface area contributed by atoms with Crippen molar-refractivity contribution >= 4 is 46.6 Å². The minimum absolute atomic E-state index is 0. The molecular weight excluding hydrogens is 994 g/mol. The fourth-order valence-corrected chi connectivity index (χ4v) is 6.48. The second-order valence-corrected chi connectivity index (χ2v) is 14.5. The third-order valence-electron chi connectivity index (χ3n) is 9.92. The minimum Gasteiger partial charge on any atom is -0.497 e. The maximum absolute atomic E-state index is 7.00. The molecule has 0 atom stereocenters. The summed E-state index contributed by atoms with van der Waals surface area (Å²) < 4.78 is 53.7. The molecule has 0 amide bonds. The number of methoxy groups -OCH3 is 6. The Balaban J connectivity index is 0.000000258. The third kappa shape index (κ3) is 16.8. The van der Waals surface area contributed by atoms with Gasteiger partial charge in [-0.1, -0.05) is 0 Å². The van der Waals surface area contributed by atoms with Gasteiger partial charge in [0, 0.05) is 93.7 Å². The molecule has 1 N–H and O–H groups in total. The summed E-state index contributed by atoms with van der Waals surface area (Å²) in [6, 6.07) is 25.3. The zero-order chi connectivity index (χ0) is 50.9. The number of aliphatic hydroxyl groups is 1. The molecule has 73 heavy (non-hydrogen) atoms. The molecule has 0 aliphatic carbocycles. The topological polar surface area (TPSA) is 242 Å². The van der Waals surface area contributed by atoms with Gasteiger partial charge < -0.3 is 83.1 Å². The van der Waals surface area contributed by atoms with Crippen LogP contribution in [0.4, 0.5) is 23.3 Å². The number of pyridine rings is 4. The van der Waals surface area contributed by atoms with Crippen LogP contribution < -0.4 is 28.4 Å². The van der Waals surface area contributed by atoms with Crippen molar-refractivity contribution in [1.82, 2.24) is 19.9 Å². The van der Waals surface area contributed by atoms with Crippen LogP contribution in [0.1, 0.15) is 22.3 Å². The number of hydrogen-bond donors (Lipinski definition) is 1. The van der Waals surface area contributed by atoms with Crippen molar-refractivity contribution in [2.24, 2.45) is 20.0 Å². The number of aromatic nitrogens is 4. The van der Waals surface area contributed by atoms with Crippen molar-refractivity contribution in [3.8, 4) is 34.5 Å². The molecule has 0 fully saturated rings. The summed E-state index contributed by atoms with van der Waals surface area (Å²) in [4.78, 5) is 35.8. The van der Waals surface area contributed by atoms with Gasteiger partial charge in [0.1, 0.15) is 47.7 Å². The molecule has 0 unspecified atom stereocenters. The fourth-order valence-electron chi connectivity index (χ4n) is 6.48. The van der Waals surface area contributed by atoms with E-state index in [0.717, 1.165) is 29.4 Å². The molecule has 8 rings (SSSR count). The summed E-state index contributed by atoms with van der Waals surface area (Å²) >= 11 is 0. The summed E-state index contributed by atoms with van der Waals surface area (Å²) in [5.74, 6) is 7.72.